The Hall–Kier alpha value is -1.84. The SMILES string of the molecule is CCCCN1C(=O)Cc2cc3c(cc21)CC(=O)N3CCCC. The molecule has 0 N–H and O–H groups in total. The molecule has 1 aromatic carbocycles. The van der Waals surface area contributed by atoms with E-state index in [0.717, 1.165) is 61.3 Å². The van der Waals surface area contributed by atoms with E-state index in [1.165, 1.54) is 0 Å². The Bertz CT molecular complexity index is 556. The van der Waals surface area contributed by atoms with Gasteiger partial charge in [0.15, 0.2) is 0 Å². The Morgan fingerprint density at radius 1 is 0.818 bits per heavy atom. The van der Waals surface area contributed by atoms with E-state index in [1.54, 1.807) is 0 Å². The highest BCUT2D eigenvalue weighted by atomic mass is 16.2. The maximum absolute atomic E-state index is 12.2. The van der Waals surface area contributed by atoms with Gasteiger partial charge >= 0.3 is 0 Å². The second-order valence-corrected chi connectivity index (χ2v) is 6.26. The Kier molecular flexibility index (Phi) is 4.19. The lowest BCUT2D eigenvalue weighted by molar-refractivity contribution is -0.118. The summed E-state index contributed by atoms with van der Waals surface area (Å²) in [6.45, 7) is 5.84. The highest BCUT2D eigenvalue weighted by Gasteiger charge is 2.33. The molecule has 0 unspecified atom stereocenters. The van der Waals surface area contributed by atoms with Gasteiger partial charge in [0, 0.05) is 24.5 Å². The second kappa shape index (κ2) is 6.11. The van der Waals surface area contributed by atoms with Crippen LogP contribution in [0.3, 0.4) is 0 Å². The summed E-state index contributed by atoms with van der Waals surface area (Å²) in [5.41, 5.74) is 4.22. The van der Waals surface area contributed by atoms with Gasteiger partial charge in [-0.2, -0.15) is 0 Å². The van der Waals surface area contributed by atoms with Gasteiger partial charge in [0.1, 0.15) is 0 Å². The van der Waals surface area contributed by atoms with E-state index < -0.39 is 0 Å². The molecule has 0 spiro atoms. The van der Waals surface area contributed by atoms with Crippen LogP contribution in [0.5, 0.6) is 0 Å². The van der Waals surface area contributed by atoms with E-state index in [9.17, 15) is 9.59 Å². The first-order valence-corrected chi connectivity index (χ1v) is 8.42. The average molecular weight is 300 g/mol. The summed E-state index contributed by atoms with van der Waals surface area (Å²) in [6.07, 6.45) is 5.14. The molecule has 0 saturated carbocycles. The minimum atomic E-state index is 0.193. The minimum absolute atomic E-state index is 0.193. The van der Waals surface area contributed by atoms with Crippen LogP contribution in [0.1, 0.15) is 50.7 Å². The lowest BCUT2D eigenvalue weighted by Crippen LogP contribution is -2.27. The van der Waals surface area contributed by atoms with E-state index in [2.05, 4.69) is 26.0 Å². The van der Waals surface area contributed by atoms with Crippen molar-refractivity contribution in [2.45, 2.75) is 52.4 Å². The van der Waals surface area contributed by atoms with Crippen molar-refractivity contribution >= 4 is 23.2 Å². The van der Waals surface area contributed by atoms with Gasteiger partial charge in [-0.15, -0.1) is 0 Å². The molecule has 3 rings (SSSR count). The first kappa shape index (κ1) is 15.1. The molecule has 4 nitrogen and oxygen atoms in total. The molecule has 22 heavy (non-hydrogen) atoms. The molecule has 0 atom stereocenters. The molecule has 0 aromatic heterocycles. The quantitative estimate of drug-likeness (QED) is 0.810. The fourth-order valence-electron chi connectivity index (χ4n) is 3.36. The van der Waals surface area contributed by atoms with Gasteiger partial charge < -0.3 is 9.80 Å². The number of amides is 2. The molecule has 4 heteroatoms. The van der Waals surface area contributed by atoms with Crippen LogP contribution in [0.15, 0.2) is 12.1 Å². The van der Waals surface area contributed by atoms with E-state index in [4.69, 9.17) is 0 Å². The summed E-state index contributed by atoms with van der Waals surface area (Å²) < 4.78 is 0. The Labute approximate surface area is 132 Å². The second-order valence-electron chi connectivity index (χ2n) is 6.26. The van der Waals surface area contributed by atoms with Crippen molar-refractivity contribution in [3.05, 3.63) is 23.3 Å². The highest BCUT2D eigenvalue weighted by Crippen LogP contribution is 2.39. The fourth-order valence-corrected chi connectivity index (χ4v) is 3.36. The van der Waals surface area contributed by atoms with E-state index in [0.29, 0.717) is 12.8 Å². The van der Waals surface area contributed by atoms with E-state index in [-0.39, 0.29) is 11.8 Å². The summed E-state index contributed by atoms with van der Waals surface area (Å²) in [5, 5.41) is 0. The first-order valence-electron chi connectivity index (χ1n) is 8.42. The van der Waals surface area contributed by atoms with Gasteiger partial charge in [-0.25, -0.2) is 0 Å². The molecule has 2 aliphatic rings. The van der Waals surface area contributed by atoms with Gasteiger partial charge in [-0.05, 0) is 36.1 Å². The third kappa shape index (κ3) is 2.51. The van der Waals surface area contributed by atoms with Crippen molar-refractivity contribution < 1.29 is 9.59 Å². The zero-order valence-corrected chi connectivity index (χ0v) is 13.5. The van der Waals surface area contributed by atoms with Crippen molar-refractivity contribution in [2.75, 3.05) is 22.9 Å². The monoisotopic (exact) mass is 300 g/mol. The number of hydrogen-bond donors (Lipinski definition) is 0. The number of hydrogen-bond acceptors (Lipinski definition) is 2. The topological polar surface area (TPSA) is 40.6 Å². The minimum Gasteiger partial charge on any atom is -0.312 e. The lowest BCUT2D eigenvalue weighted by atomic mass is 10.1. The van der Waals surface area contributed by atoms with Crippen molar-refractivity contribution in [3.63, 3.8) is 0 Å². The number of fused-ring (bicyclic) bond motifs is 2. The van der Waals surface area contributed by atoms with Crippen LogP contribution in [-0.4, -0.2) is 24.9 Å². The number of unbranched alkanes of at least 4 members (excludes halogenated alkanes) is 2. The highest BCUT2D eigenvalue weighted by molar-refractivity contribution is 6.06. The number of carbonyl (C=O) groups is 2. The van der Waals surface area contributed by atoms with Gasteiger partial charge in [0.2, 0.25) is 11.8 Å². The third-order valence-corrected chi connectivity index (χ3v) is 4.62. The molecule has 0 bridgehead atoms. The summed E-state index contributed by atoms with van der Waals surface area (Å²) in [5.74, 6) is 0.386. The standard InChI is InChI=1S/C18H24N2O2/c1-3-5-7-19-15-9-14-12-18(22)20(8-6-4-2)16(14)10-13(15)11-17(19)21/h9-10H,3-8,11-12H2,1-2H3. The van der Waals surface area contributed by atoms with Gasteiger partial charge in [-0.3, -0.25) is 9.59 Å². The fraction of sp³-hybridized carbons (Fsp3) is 0.556. The molecule has 1 aromatic rings. The summed E-state index contributed by atoms with van der Waals surface area (Å²) in [4.78, 5) is 28.3. The van der Waals surface area contributed by atoms with Crippen LogP contribution in [-0.2, 0) is 22.4 Å². The first-order chi connectivity index (χ1) is 10.7. The Balaban J connectivity index is 1.90. The van der Waals surface area contributed by atoms with Crippen LogP contribution in [0.25, 0.3) is 0 Å². The molecular weight excluding hydrogens is 276 g/mol. The summed E-state index contributed by atoms with van der Waals surface area (Å²) in [6, 6.07) is 4.16. The summed E-state index contributed by atoms with van der Waals surface area (Å²) >= 11 is 0. The van der Waals surface area contributed by atoms with Crippen LogP contribution >= 0.6 is 0 Å². The van der Waals surface area contributed by atoms with E-state index in [1.807, 2.05) is 9.80 Å². The molecule has 2 amide bonds. The smallest absolute Gasteiger partial charge is 0.231 e. The maximum Gasteiger partial charge on any atom is 0.231 e. The molecule has 2 aliphatic heterocycles. The Morgan fingerprint density at radius 3 is 1.59 bits per heavy atom. The molecular formula is C18H24N2O2. The average Bonchev–Trinajstić information content (AvgIpc) is 2.96. The molecule has 2 heterocycles. The van der Waals surface area contributed by atoms with Crippen molar-refractivity contribution in [1.29, 1.82) is 0 Å². The maximum atomic E-state index is 12.2. The van der Waals surface area contributed by atoms with Crippen molar-refractivity contribution in [1.82, 2.24) is 0 Å². The number of carbonyl (C=O) groups excluding carboxylic acids is 2. The summed E-state index contributed by atoms with van der Waals surface area (Å²) in [7, 11) is 0. The van der Waals surface area contributed by atoms with Gasteiger partial charge in [0.05, 0.1) is 12.8 Å². The van der Waals surface area contributed by atoms with Crippen LogP contribution in [0.2, 0.25) is 0 Å². The van der Waals surface area contributed by atoms with Crippen LogP contribution in [0.4, 0.5) is 11.4 Å². The zero-order valence-electron chi connectivity index (χ0n) is 13.5. The number of rotatable bonds is 6. The number of benzene rings is 1. The van der Waals surface area contributed by atoms with Crippen molar-refractivity contribution in [3.8, 4) is 0 Å². The number of nitrogens with zero attached hydrogens (tertiary/aromatic N) is 2. The number of anilines is 2. The third-order valence-electron chi connectivity index (χ3n) is 4.62. The molecule has 0 radical (unpaired) electrons. The van der Waals surface area contributed by atoms with Crippen LogP contribution in [0, 0.1) is 0 Å². The normalized spacial score (nSPS) is 16.5. The van der Waals surface area contributed by atoms with Crippen LogP contribution < -0.4 is 9.80 Å². The Morgan fingerprint density at radius 2 is 1.23 bits per heavy atom. The van der Waals surface area contributed by atoms with E-state index >= 15 is 0 Å². The van der Waals surface area contributed by atoms with Crippen molar-refractivity contribution in [2.24, 2.45) is 0 Å². The lowest BCUT2D eigenvalue weighted by Gasteiger charge is -2.20. The molecule has 0 fully saturated rings. The molecule has 0 saturated heterocycles. The predicted molar refractivity (Wildman–Crippen MR) is 88.4 cm³/mol. The zero-order chi connectivity index (χ0) is 15.7. The predicted octanol–water partition coefficient (Wildman–Crippen LogP) is 3.07. The van der Waals surface area contributed by atoms with Gasteiger partial charge in [-0.1, -0.05) is 26.7 Å². The largest absolute Gasteiger partial charge is 0.312 e. The molecule has 118 valence electrons. The molecule has 0 aliphatic carbocycles. The van der Waals surface area contributed by atoms with Gasteiger partial charge in [0.25, 0.3) is 0 Å².